The number of carbonyl (C=O) groups is 2. The molecule has 1 aliphatic rings. The summed E-state index contributed by atoms with van der Waals surface area (Å²) in [4.78, 5) is 29.5. The summed E-state index contributed by atoms with van der Waals surface area (Å²) in [6.07, 6.45) is 0.432. The Morgan fingerprint density at radius 3 is 2.12 bits per heavy atom. The molecule has 8 nitrogen and oxygen atoms in total. The van der Waals surface area contributed by atoms with E-state index in [-0.39, 0.29) is 10.8 Å². The van der Waals surface area contributed by atoms with Crippen molar-refractivity contribution < 1.29 is 18.0 Å². The molecule has 1 fully saturated rings. The van der Waals surface area contributed by atoms with E-state index in [1.807, 2.05) is 25.9 Å². The Bertz CT molecular complexity index is 739. The van der Waals surface area contributed by atoms with Crippen LogP contribution in [0, 0.1) is 6.92 Å². The summed E-state index contributed by atoms with van der Waals surface area (Å²) in [5.41, 5.74) is 0.935. The van der Waals surface area contributed by atoms with Gasteiger partial charge in [0.05, 0.1) is 4.90 Å². The highest BCUT2D eigenvalue weighted by Crippen LogP contribution is 2.11. The quantitative estimate of drug-likeness (QED) is 0.800. The van der Waals surface area contributed by atoms with Crippen molar-refractivity contribution in [1.29, 1.82) is 0 Å². The van der Waals surface area contributed by atoms with Crippen LogP contribution >= 0.6 is 0 Å². The lowest BCUT2D eigenvalue weighted by Crippen LogP contribution is -2.54. The smallest absolute Gasteiger partial charge is 0.331 e. The van der Waals surface area contributed by atoms with Crippen LogP contribution in [0.2, 0.25) is 0 Å². The maximum Gasteiger partial charge on any atom is 0.331 e. The number of piperazine rings is 1. The van der Waals surface area contributed by atoms with Crippen LogP contribution in [-0.4, -0.2) is 81.9 Å². The minimum Gasteiger partial charge on any atom is -0.339 e. The number of urea groups is 1. The molecule has 1 saturated heterocycles. The summed E-state index contributed by atoms with van der Waals surface area (Å²) < 4.78 is 26.7. The Hall–Kier alpha value is -2.13. The number of benzene rings is 1. The van der Waals surface area contributed by atoms with E-state index in [4.69, 9.17) is 0 Å². The van der Waals surface area contributed by atoms with Crippen molar-refractivity contribution in [3.63, 3.8) is 0 Å². The van der Waals surface area contributed by atoms with Gasteiger partial charge in [-0.2, -0.15) is 0 Å². The van der Waals surface area contributed by atoms with Crippen LogP contribution in [0.5, 0.6) is 0 Å². The average molecular weight is 382 g/mol. The summed E-state index contributed by atoms with van der Waals surface area (Å²) in [6.45, 7) is 3.96. The fourth-order valence-electron chi connectivity index (χ4n) is 2.59. The van der Waals surface area contributed by atoms with Gasteiger partial charge in [0.15, 0.2) is 0 Å². The predicted molar refractivity (Wildman–Crippen MR) is 98.2 cm³/mol. The van der Waals surface area contributed by atoms with Crippen LogP contribution < -0.4 is 4.72 Å². The number of hydrogen-bond donors (Lipinski definition) is 1. The Kier molecular flexibility index (Phi) is 6.60. The molecule has 1 N–H and O–H groups in total. The number of nitrogens with one attached hydrogen (secondary N) is 1. The average Bonchev–Trinajstić information content (AvgIpc) is 2.59. The normalized spacial score (nSPS) is 15.2. The van der Waals surface area contributed by atoms with Gasteiger partial charge >= 0.3 is 6.03 Å². The van der Waals surface area contributed by atoms with Gasteiger partial charge in [-0.1, -0.05) is 17.7 Å². The fourth-order valence-corrected chi connectivity index (χ4v) is 3.56. The van der Waals surface area contributed by atoms with Gasteiger partial charge in [-0.25, -0.2) is 17.9 Å². The third-order valence-corrected chi connectivity index (χ3v) is 5.58. The van der Waals surface area contributed by atoms with E-state index >= 15 is 0 Å². The molecular formula is C17H26N4O4S. The van der Waals surface area contributed by atoms with Gasteiger partial charge in [-0.05, 0) is 33.2 Å². The molecule has 1 heterocycles. The minimum atomic E-state index is -3.90. The monoisotopic (exact) mass is 382 g/mol. The molecule has 144 valence electrons. The number of nitrogens with zero attached hydrogens (tertiary/aromatic N) is 3. The van der Waals surface area contributed by atoms with Gasteiger partial charge in [0.1, 0.15) is 0 Å². The standard InChI is InChI=1S/C17H26N4O4S/c1-14-4-6-15(7-5-14)26(24,25)18-17(23)21-12-10-20(11-13-21)16(22)8-9-19(2)3/h4-7H,8-13H2,1-3H3,(H,18,23). The first-order chi connectivity index (χ1) is 12.2. The zero-order valence-corrected chi connectivity index (χ0v) is 16.3. The molecular weight excluding hydrogens is 356 g/mol. The Balaban J connectivity index is 1.88. The van der Waals surface area contributed by atoms with E-state index in [1.54, 1.807) is 17.0 Å². The lowest BCUT2D eigenvalue weighted by atomic mass is 10.2. The molecule has 0 unspecified atom stereocenters. The molecule has 0 aliphatic carbocycles. The summed E-state index contributed by atoms with van der Waals surface area (Å²) in [5, 5.41) is 0. The molecule has 1 aromatic rings. The van der Waals surface area contributed by atoms with Crippen molar-refractivity contribution in [2.45, 2.75) is 18.2 Å². The Morgan fingerprint density at radius 1 is 1.04 bits per heavy atom. The number of amides is 3. The lowest BCUT2D eigenvalue weighted by molar-refractivity contribution is -0.132. The lowest BCUT2D eigenvalue weighted by Gasteiger charge is -2.34. The third-order valence-electron chi connectivity index (χ3n) is 4.25. The van der Waals surface area contributed by atoms with Crippen molar-refractivity contribution >= 4 is 22.0 Å². The molecule has 26 heavy (non-hydrogen) atoms. The van der Waals surface area contributed by atoms with Crippen LogP contribution in [0.3, 0.4) is 0 Å². The first-order valence-corrected chi connectivity index (χ1v) is 9.98. The van der Waals surface area contributed by atoms with Gasteiger partial charge in [0, 0.05) is 39.1 Å². The molecule has 3 amide bonds. The van der Waals surface area contributed by atoms with E-state index in [0.29, 0.717) is 39.1 Å². The fraction of sp³-hybridized carbons (Fsp3) is 0.529. The largest absolute Gasteiger partial charge is 0.339 e. The van der Waals surface area contributed by atoms with Crippen LogP contribution in [0.25, 0.3) is 0 Å². The number of carbonyl (C=O) groups excluding carboxylic acids is 2. The number of rotatable bonds is 5. The van der Waals surface area contributed by atoms with Gasteiger partial charge in [0.2, 0.25) is 5.91 Å². The summed E-state index contributed by atoms with van der Waals surface area (Å²) >= 11 is 0. The zero-order valence-electron chi connectivity index (χ0n) is 15.4. The van der Waals surface area contributed by atoms with Crippen molar-refractivity contribution in [3.05, 3.63) is 29.8 Å². The van der Waals surface area contributed by atoms with Gasteiger partial charge < -0.3 is 14.7 Å². The van der Waals surface area contributed by atoms with Gasteiger partial charge in [0.25, 0.3) is 10.0 Å². The molecule has 0 spiro atoms. The topological polar surface area (TPSA) is 90.0 Å². The summed E-state index contributed by atoms with van der Waals surface area (Å²) in [7, 11) is -0.0873. The van der Waals surface area contributed by atoms with E-state index in [1.165, 1.54) is 17.0 Å². The number of aryl methyl sites for hydroxylation is 1. The highest BCUT2D eigenvalue weighted by Gasteiger charge is 2.27. The maximum atomic E-state index is 12.3. The molecule has 9 heteroatoms. The van der Waals surface area contributed by atoms with Crippen LogP contribution in [0.15, 0.2) is 29.2 Å². The highest BCUT2D eigenvalue weighted by atomic mass is 32.2. The number of hydrogen-bond acceptors (Lipinski definition) is 5. The summed E-state index contributed by atoms with van der Waals surface area (Å²) in [5.74, 6) is 0.0473. The molecule has 0 aromatic heterocycles. The molecule has 1 aromatic carbocycles. The van der Waals surface area contributed by atoms with E-state index in [9.17, 15) is 18.0 Å². The first-order valence-electron chi connectivity index (χ1n) is 8.50. The zero-order chi connectivity index (χ0) is 19.3. The van der Waals surface area contributed by atoms with Crippen molar-refractivity contribution in [2.75, 3.05) is 46.8 Å². The van der Waals surface area contributed by atoms with Crippen LogP contribution in [0.1, 0.15) is 12.0 Å². The molecule has 0 radical (unpaired) electrons. The second-order valence-corrected chi connectivity index (χ2v) is 8.33. The third kappa shape index (κ3) is 5.43. The van der Waals surface area contributed by atoms with E-state index < -0.39 is 16.1 Å². The van der Waals surface area contributed by atoms with Gasteiger partial charge in [-0.15, -0.1) is 0 Å². The van der Waals surface area contributed by atoms with E-state index in [0.717, 1.165) is 5.56 Å². The summed E-state index contributed by atoms with van der Waals surface area (Å²) in [6, 6.07) is 5.62. The van der Waals surface area contributed by atoms with Crippen molar-refractivity contribution in [1.82, 2.24) is 19.4 Å². The minimum absolute atomic E-state index is 0.0473. The molecule has 1 aliphatic heterocycles. The SMILES string of the molecule is Cc1ccc(S(=O)(=O)NC(=O)N2CCN(C(=O)CCN(C)C)CC2)cc1. The maximum absolute atomic E-state index is 12.3. The number of sulfonamides is 1. The Labute approximate surface area is 154 Å². The van der Waals surface area contributed by atoms with E-state index in [2.05, 4.69) is 4.72 Å². The van der Waals surface area contributed by atoms with Gasteiger partial charge in [-0.3, -0.25) is 4.79 Å². The first kappa shape index (κ1) is 20.2. The second-order valence-electron chi connectivity index (χ2n) is 6.64. The molecule has 0 saturated carbocycles. The van der Waals surface area contributed by atoms with Crippen LogP contribution in [-0.2, 0) is 14.8 Å². The Morgan fingerprint density at radius 2 is 1.58 bits per heavy atom. The van der Waals surface area contributed by atoms with Crippen molar-refractivity contribution in [3.8, 4) is 0 Å². The molecule has 2 rings (SSSR count). The molecule has 0 atom stereocenters. The predicted octanol–water partition coefficient (Wildman–Crippen LogP) is 0.489. The second kappa shape index (κ2) is 8.50. The highest BCUT2D eigenvalue weighted by molar-refractivity contribution is 7.90. The van der Waals surface area contributed by atoms with Crippen LogP contribution in [0.4, 0.5) is 4.79 Å². The molecule has 0 bridgehead atoms. The van der Waals surface area contributed by atoms with Crippen molar-refractivity contribution in [2.24, 2.45) is 0 Å².